The second kappa shape index (κ2) is 12.2. The van der Waals surface area contributed by atoms with Crippen molar-refractivity contribution in [3.05, 3.63) is 106 Å². The Kier molecular flexibility index (Phi) is 8.82. The summed E-state index contributed by atoms with van der Waals surface area (Å²) in [6.45, 7) is 4.44. The summed E-state index contributed by atoms with van der Waals surface area (Å²) in [5.41, 5.74) is 5.23. The Morgan fingerprint density at radius 2 is 1.61 bits per heavy atom. The van der Waals surface area contributed by atoms with E-state index in [9.17, 15) is 9.59 Å². The molecule has 3 aromatic carbocycles. The van der Waals surface area contributed by atoms with Crippen LogP contribution in [-0.4, -0.2) is 28.8 Å². The molecule has 4 nitrogen and oxygen atoms in total. The van der Waals surface area contributed by atoms with Gasteiger partial charge in [-0.15, -0.1) is 0 Å². The van der Waals surface area contributed by atoms with Crippen LogP contribution in [0.5, 0.6) is 0 Å². The average molecular weight is 503 g/mol. The molecule has 0 spiro atoms. The molecule has 0 aromatic heterocycles. The van der Waals surface area contributed by atoms with Crippen molar-refractivity contribution < 1.29 is 9.59 Å². The van der Waals surface area contributed by atoms with E-state index in [1.807, 2.05) is 66.7 Å². The molecule has 5 heteroatoms. The zero-order valence-corrected chi connectivity index (χ0v) is 21.9. The summed E-state index contributed by atoms with van der Waals surface area (Å²) in [6, 6.07) is 23.1. The van der Waals surface area contributed by atoms with Crippen molar-refractivity contribution in [3.63, 3.8) is 0 Å². The Morgan fingerprint density at radius 1 is 0.889 bits per heavy atom. The van der Waals surface area contributed by atoms with Gasteiger partial charge in [0.05, 0.1) is 6.42 Å². The lowest BCUT2D eigenvalue weighted by molar-refractivity contribution is -0.141. The van der Waals surface area contributed by atoms with Crippen molar-refractivity contribution in [2.24, 2.45) is 0 Å². The van der Waals surface area contributed by atoms with Gasteiger partial charge in [-0.3, -0.25) is 9.59 Å². The van der Waals surface area contributed by atoms with Gasteiger partial charge in [-0.2, -0.15) is 0 Å². The molecule has 0 radical (unpaired) electrons. The van der Waals surface area contributed by atoms with Crippen LogP contribution in [0, 0.1) is 13.8 Å². The molecular formula is C31H35ClN2O2. The van der Waals surface area contributed by atoms with Crippen molar-refractivity contribution in [2.75, 3.05) is 0 Å². The number of amides is 2. The maximum Gasteiger partial charge on any atom is 0.243 e. The Bertz CT molecular complexity index is 1190. The van der Waals surface area contributed by atoms with Gasteiger partial charge in [0.1, 0.15) is 6.04 Å². The maximum atomic E-state index is 13.9. The minimum absolute atomic E-state index is 0.0688. The molecule has 0 heterocycles. The van der Waals surface area contributed by atoms with Crippen molar-refractivity contribution in [1.82, 2.24) is 10.2 Å². The van der Waals surface area contributed by atoms with Crippen molar-refractivity contribution in [2.45, 2.75) is 71.0 Å². The monoisotopic (exact) mass is 502 g/mol. The zero-order chi connectivity index (χ0) is 25.5. The quantitative estimate of drug-likeness (QED) is 0.379. The van der Waals surface area contributed by atoms with Crippen LogP contribution < -0.4 is 5.32 Å². The van der Waals surface area contributed by atoms with E-state index in [-0.39, 0.29) is 24.3 Å². The van der Waals surface area contributed by atoms with Gasteiger partial charge in [0.2, 0.25) is 11.8 Å². The Morgan fingerprint density at radius 3 is 2.31 bits per heavy atom. The molecule has 1 aliphatic rings. The van der Waals surface area contributed by atoms with Crippen molar-refractivity contribution >= 4 is 23.4 Å². The highest BCUT2D eigenvalue weighted by Crippen LogP contribution is 2.22. The fourth-order valence-electron chi connectivity index (χ4n) is 4.94. The van der Waals surface area contributed by atoms with E-state index in [0.717, 1.165) is 47.9 Å². The number of nitrogens with one attached hydrogen (secondary N) is 1. The summed E-state index contributed by atoms with van der Waals surface area (Å²) < 4.78 is 0. The molecule has 1 N–H and O–H groups in total. The number of aryl methyl sites for hydroxylation is 2. The molecule has 0 unspecified atom stereocenters. The van der Waals surface area contributed by atoms with E-state index in [4.69, 9.17) is 11.6 Å². The van der Waals surface area contributed by atoms with Crippen LogP contribution in [0.4, 0.5) is 0 Å². The Balaban J connectivity index is 1.66. The molecule has 3 aromatic rings. The Labute approximate surface area is 219 Å². The lowest BCUT2D eigenvalue weighted by Crippen LogP contribution is -2.52. The minimum Gasteiger partial charge on any atom is -0.352 e. The average Bonchev–Trinajstić information content (AvgIpc) is 3.37. The second-order valence-electron chi connectivity index (χ2n) is 9.94. The molecule has 1 saturated carbocycles. The van der Waals surface area contributed by atoms with E-state index in [2.05, 4.69) is 25.2 Å². The number of nitrogens with zero attached hydrogens (tertiary/aromatic N) is 1. The van der Waals surface area contributed by atoms with Gasteiger partial charge >= 0.3 is 0 Å². The minimum atomic E-state index is -0.619. The number of benzene rings is 3. The van der Waals surface area contributed by atoms with Crippen LogP contribution >= 0.6 is 11.6 Å². The third-order valence-electron chi connectivity index (χ3n) is 7.14. The van der Waals surface area contributed by atoms with Crippen LogP contribution in [0.3, 0.4) is 0 Å². The van der Waals surface area contributed by atoms with Gasteiger partial charge in [-0.25, -0.2) is 0 Å². The molecule has 0 saturated heterocycles. The van der Waals surface area contributed by atoms with Crippen LogP contribution in [0.25, 0.3) is 0 Å². The summed E-state index contributed by atoms with van der Waals surface area (Å²) >= 11 is 6.27. The van der Waals surface area contributed by atoms with Gasteiger partial charge in [0, 0.05) is 24.0 Å². The van der Waals surface area contributed by atoms with Crippen molar-refractivity contribution in [1.29, 1.82) is 0 Å². The number of halogens is 1. The first-order chi connectivity index (χ1) is 17.4. The first-order valence-electron chi connectivity index (χ1n) is 12.8. The second-order valence-corrected chi connectivity index (χ2v) is 10.4. The standard InChI is InChI=1S/C31H35ClN2O2/c1-22-15-16-25(17-23(22)2)20-30(35)34(21-26-11-8-12-27(32)18-26)29(19-24-9-4-3-5-10-24)31(36)33-28-13-6-7-14-28/h3-5,8-12,15-18,28-29H,6-7,13-14,19-21H2,1-2H3,(H,33,36)/t29-/m1/s1. The topological polar surface area (TPSA) is 49.4 Å². The van der Waals surface area contributed by atoms with Gasteiger partial charge < -0.3 is 10.2 Å². The SMILES string of the molecule is Cc1ccc(CC(=O)N(Cc2cccc(Cl)c2)[C@H](Cc2ccccc2)C(=O)NC2CCCC2)cc1C. The first kappa shape index (κ1) is 26.0. The third kappa shape index (κ3) is 6.98. The normalized spacial score (nSPS) is 14.4. The maximum absolute atomic E-state index is 13.9. The number of hydrogen-bond donors (Lipinski definition) is 1. The number of rotatable bonds is 9. The van der Waals surface area contributed by atoms with Gasteiger partial charge in [0.15, 0.2) is 0 Å². The highest BCUT2D eigenvalue weighted by molar-refractivity contribution is 6.30. The fraction of sp³-hybridized carbons (Fsp3) is 0.355. The molecular weight excluding hydrogens is 468 g/mol. The van der Waals surface area contributed by atoms with Gasteiger partial charge in [-0.05, 0) is 66.6 Å². The first-order valence-corrected chi connectivity index (χ1v) is 13.2. The summed E-state index contributed by atoms with van der Waals surface area (Å²) in [5.74, 6) is -0.151. The number of hydrogen-bond acceptors (Lipinski definition) is 2. The molecule has 1 atom stereocenters. The highest BCUT2D eigenvalue weighted by atomic mass is 35.5. The molecule has 1 fully saturated rings. The van der Waals surface area contributed by atoms with E-state index in [1.165, 1.54) is 5.56 Å². The smallest absolute Gasteiger partial charge is 0.243 e. The van der Waals surface area contributed by atoms with E-state index in [1.54, 1.807) is 4.90 Å². The van der Waals surface area contributed by atoms with E-state index < -0.39 is 6.04 Å². The van der Waals surface area contributed by atoms with Crippen LogP contribution in [-0.2, 0) is 29.0 Å². The molecule has 0 aliphatic heterocycles. The zero-order valence-electron chi connectivity index (χ0n) is 21.2. The largest absolute Gasteiger partial charge is 0.352 e. The van der Waals surface area contributed by atoms with E-state index in [0.29, 0.717) is 18.0 Å². The van der Waals surface area contributed by atoms with Crippen LogP contribution in [0.15, 0.2) is 72.8 Å². The number of carbonyl (C=O) groups is 2. The van der Waals surface area contributed by atoms with E-state index >= 15 is 0 Å². The molecule has 1 aliphatic carbocycles. The van der Waals surface area contributed by atoms with Gasteiger partial charge in [0.25, 0.3) is 0 Å². The predicted octanol–water partition coefficient (Wildman–Crippen LogP) is 6.20. The summed E-state index contributed by atoms with van der Waals surface area (Å²) in [6.07, 6.45) is 4.95. The highest BCUT2D eigenvalue weighted by Gasteiger charge is 2.32. The number of carbonyl (C=O) groups excluding carboxylic acids is 2. The predicted molar refractivity (Wildman–Crippen MR) is 146 cm³/mol. The fourth-order valence-corrected chi connectivity index (χ4v) is 5.16. The molecule has 188 valence electrons. The van der Waals surface area contributed by atoms with Gasteiger partial charge in [-0.1, -0.05) is 85.1 Å². The summed E-state index contributed by atoms with van der Waals surface area (Å²) in [5, 5.41) is 3.87. The molecule has 2 amide bonds. The molecule has 4 rings (SSSR count). The summed E-state index contributed by atoms with van der Waals surface area (Å²) in [4.78, 5) is 29.4. The Hall–Kier alpha value is -3.11. The third-order valence-corrected chi connectivity index (χ3v) is 7.38. The lowest BCUT2D eigenvalue weighted by Gasteiger charge is -2.32. The van der Waals surface area contributed by atoms with Crippen LogP contribution in [0.2, 0.25) is 5.02 Å². The molecule has 36 heavy (non-hydrogen) atoms. The molecule has 0 bridgehead atoms. The van der Waals surface area contributed by atoms with Crippen LogP contribution in [0.1, 0.15) is 53.5 Å². The lowest BCUT2D eigenvalue weighted by atomic mass is 10.00. The van der Waals surface area contributed by atoms with Crippen molar-refractivity contribution in [3.8, 4) is 0 Å². The summed E-state index contributed by atoms with van der Waals surface area (Å²) in [7, 11) is 0.